The van der Waals surface area contributed by atoms with Crippen LogP contribution in [0, 0.1) is 5.92 Å². The Kier molecular flexibility index (Phi) is 6.60. The number of nitrogens with one attached hydrogen (secondary N) is 1. The van der Waals surface area contributed by atoms with Gasteiger partial charge in [0.1, 0.15) is 5.75 Å². The highest BCUT2D eigenvalue weighted by Crippen LogP contribution is 2.22. The van der Waals surface area contributed by atoms with E-state index in [-0.39, 0.29) is 0 Å². The molecule has 0 atom stereocenters. The molecule has 1 aromatic rings. The van der Waals surface area contributed by atoms with Gasteiger partial charge >= 0.3 is 0 Å². The highest BCUT2D eigenvalue weighted by molar-refractivity contribution is 9.10. The van der Waals surface area contributed by atoms with E-state index in [0.29, 0.717) is 0 Å². The molecule has 0 saturated carbocycles. The zero-order chi connectivity index (χ0) is 12.7. The molecule has 3 heteroatoms. The Labute approximate surface area is 113 Å². The van der Waals surface area contributed by atoms with Crippen molar-refractivity contribution in [2.24, 2.45) is 5.92 Å². The summed E-state index contributed by atoms with van der Waals surface area (Å²) in [7, 11) is 1.70. The van der Waals surface area contributed by atoms with Crippen LogP contribution in [-0.4, -0.2) is 13.7 Å². The van der Waals surface area contributed by atoms with Crippen LogP contribution in [0.5, 0.6) is 5.75 Å². The number of halogens is 1. The lowest BCUT2D eigenvalue weighted by Gasteiger charge is -2.09. The van der Waals surface area contributed by atoms with Crippen molar-refractivity contribution in [3.63, 3.8) is 0 Å². The lowest BCUT2D eigenvalue weighted by molar-refractivity contribution is 0.414. The van der Waals surface area contributed by atoms with Gasteiger partial charge in [-0.3, -0.25) is 0 Å². The lowest BCUT2D eigenvalue weighted by atomic mass is 10.1. The van der Waals surface area contributed by atoms with Crippen LogP contribution in [0.15, 0.2) is 22.7 Å². The maximum Gasteiger partial charge on any atom is 0.119 e. The van der Waals surface area contributed by atoms with Crippen molar-refractivity contribution >= 4 is 15.9 Å². The van der Waals surface area contributed by atoms with Crippen LogP contribution < -0.4 is 10.1 Å². The van der Waals surface area contributed by atoms with Crippen molar-refractivity contribution in [1.82, 2.24) is 5.32 Å². The summed E-state index contributed by atoms with van der Waals surface area (Å²) in [6.07, 6.45) is 2.52. The molecule has 2 nitrogen and oxygen atoms in total. The molecule has 96 valence electrons. The molecule has 0 amide bonds. The fraction of sp³-hybridized carbons (Fsp3) is 0.571. The number of methoxy groups -OCH3 is 1. The van der Waals surface area contributed by atoms with E-state index < -0.39 is 0 Å². The number of hydrogen-bond donors (Lipinski definition) is 1. The fourth-order valence-electron chi connectivity index (χ4n) is 1.67. The Bertz CT molecular complexity index is 339. The second-order valence-electron chi connectivity index (χ2n) is 4.67. The lowest BCUT2D eigenvalue weighted by Crippen LogP contribution is -2.15. The third-order valence-corrected chi connectivity index (χ3v) is 3.48. The minimum Gasteiger partial charge on any atom is -0.497 e. The molecular formula is C14H22BrNO. The summed E-state index contributed by atoms with van der Waals surface area (Å²) in [6.45, 7) is 6.48. The average molecular weight is 300 g/mol. The normalized spacial score (nSPS) is 10.9. The largest absolute Gasteiger partial charge is 0.497 e. The first-order chi connectivity index (χ1) is 8.13. The predicted molar refractivity (Wildman–Crippen MR) is 76.5 cm³/mol. The molecule has 0 saturated heterocycles. The molecule has 0 radical (unpaired) electrons. The average Bonchev–Trinajstić information content (AvgIpc) is 2.30. The van der Waals surface area contributed by atoms with Crippen molar-refractivity contribution in [3.05, 3.63) is 28.2 Å². The number of rotatable bonds is 7. The number of benzene rings is 1. The smallest absolute Gasteiger partial charge is 0.119 e. The second-order valence-corrected chi connectivity index (χ2v) is 5.52. The molecule has 0 aliphatic rings. The van der Waals surface area contributed by atoms with Gasteiger partial charge in [0.25, 0.3) is 0 Å². The summed E-state index contributed by atoms with van der Waals surface area (Å²) >= 11 is 3.56. The van der Waals surface area contributed by atoms with E-state index in [9.17, 15) is 0 Å². The van der Waals surface area contributed by atoms with Crippen molar-refractivity contribution < 1.29 is 4.74 Å². The maximum atomic E-state index is 5.22. The topological polar surface area (TPSA) is 21.3 Å². The zero-order valence-electron chi connectivity index (χ0n) is 10.9. The van der Waals surface area contributed by atoms with Crippen LogP contribution in [0.1, 0.15) is 32.3 Å². The van der Waals surface area contributed by atoms with Crippen LogP contribution in [0.2, 0.25) is 0 Å². The quantitative estimate of drug-likeness (QED) is 0.769. The van der Waals surface area contributed by atoms with Gasteiger partial charge in [0.05, 0.1) is 7.11 Å². The van der Waals surface area contributed by atoms with Gasteiger partial charge in [0, 0.05) is 11.0 Å². The first-order valence-electron chi connectivity index (χ1n) is 6.16. The molecule has 1 rings (SSSR count). The van der Waals surface area contributed by atoms with Crippen molar-refractivity contribution in [1.29, 1.82) is 0 Å². The fourth-order valence-corrected chi connectivity index (χ4v) is 2.06. The summed E-state index contributed by atoms with van der Waals surface area (Å²) < 4.78 is 6.35. The van der Waals surface area contributed by atoms with Crippen LogP contribution >= 0.6 is 15.9 Å². The molecule has 0 fully saturated rings. The predicted octanol–water partition coefficient (Wildman–Crippen LogP) is 3.98. The zero-order valence-corrected chi connectivity index (χ0v) is 12.5. The van der Waals surface area contributed by atoms with Crippen LogP contribution in [0.3, 0.4) is 0 Å². The standard InChI is InChI=1S/C14H22BrNO/c1-11(2)5-4-8-16-10-12-9-13(17-3)6-7-14(12)15/h6-7,9,11,16H,4-5,8,10H2,1-3H3. The first-order valence-corrected chi connectivity index (χ1v) is 6.96. The number of ether oxygens (including phenoxy) is 1. The monoisotopic (exact) mass is 299 g/mol. The molecule has 0 bridgehead atoms. The molecule has 0 unspecified atom stereocenters. The van der Waals surface area contributed by atoms with E-state index in [1.54, 1.807) is 7.11 Å². The van der Waals surface area contributed by atoms with Gasteiger partial charge in [-0.2, -0.15) is 0 Å². The SMILES string of the molecule is COc1ccc(Br)c(CNCCCC(C)C)c1. The Hall–Kier alpha value is -0.540. The molecule has 0 heterocycles. The third kappa shape index (κ3) is 5.55. The van der Waals surface area contributed by atoms with Crippen molar-refractivity contribution in [2.75, 3.05) is 13.7 Å². The van der Waals surface area contributed by atoms with Crippen LogP contribution in [-0.2, 0) is 6.54 Å². The summed E-state index contributed by atoms with van der Waals surface area (Å²) in [5.41, 5.74) is 1.24. The summed E-state index contributed by atoms with van der Waals surface area (Å²) in [6, 6.07) is 6.07. The molecular weight excluding hydrogens is 278 g/mol. The Balaban J connectivity index is 2.35. The van der Waals surface area contributed by atoms with Crippen LogP contribution in [0.4, 0.5) is 0 Å². The van der Waals surface area contributed by atoms with Gasteiger partial charge in [-0.1, -0.05) is 29.8 Å². The van der Waals surface area contributed by atoms with Gasteiger partial charge in [0.2, 0.25) is 0 Å². The van der Waals surface area contributed by atoms with Gasteiger partial charge in [-0.25, -0.2) is 0 Å². The minimum absolute atomic E-state index is 0.792. The van der Waals surface area contributed by atoms with Gasteiger partial charge in [-0.15, -0.1) is 0 Å². The molecule has 1 N–H and O–H groups in total. The van der Waals surface area contributed by atoms with Crippen LogP contribution in [0.25, 0.3) is 0 Å². The molecule has 0 aliphatic heterocycles. The summed E-state index contributed by atoms with van der Waals surface area (Å²) in [4.78, 5) is 0. The number of hydrogen-bond acceptors (Lipinski definition) is 2. The van der Waals surface area contributed by atoms with Gasteiger partial charge in [-0.05, 0) is 49.1 Å². The highest BCUT2D eigenvalue weighted by atomic mass is 79.9. The van der Waals surface area contributed by atoms with E-state index in [1.807, 2.05) is 12.1 Å². The molecule has 17 heavy (non-hydrogen) atoms. The summed E-state index contributed by atoms with van der Waals surface area (Å²) in [5, 5.41) is 3.46. The van der Waals surface area contributed by atoms with E-state index in [0.717, 1.165) is 29.2 Å². The van der Waals surface area contributed by atoms with E-state index >= 15 is 0 Å². The van der Waals surface area contributed by atoms with E-state index in [2.05, 4.69) is 41.2 Å². The van der Waals surface area contributed by atoms with Crippen molar-refractivity contribution in [3.8, 4) is 5.75 Å². The maximum absolute atomic E-state index is 5.22. The van der Waals surface area contributed by atoms with E-state index in [1.165, 1.54) is 18.4 Å². The molecule has 0 spiro atoms. The third-order valence-electron chi connectivity index (χ3n) is 2.70. The first kappa shape index (κ1) is 14.5. The van der Waals surface area contributed by atoms with E-state index in [4.69, 9.17) is 4.74 Å². The Morgan fingerprint density at radius 3 is 2.76 bits per heavy atom. The summed E-state index contributed by atoms with van der Waals surface area (Å²) in [5.74, 6) is 1.70. The Morgan fingerprint density at radius 2 is 2.12 bits per heavy atom. The molecule has 1 aromatic carbocycles. The molecule has 0 aromatic heterocycles. The van der Waals surface area contributed by atoms with Gasteiger partial charge in [0.15, 0.2) is 0 Å². The van der Waals surface area contributed by atoms with Gasteiger partial charge < -0.3 is 10.1 Å². The molecule has 0 aliphatic carbocycles. The second kappa shape index (κ2) is 7.72. The minimum atomic E-state index is 0.792. The Morgan fingerprint density at radius 1 is 1.35 bits per heavy atom. The highest BCUT2D eigenvalue weighted by Gasteiger charge is 2.01. The van der Waals surface area contributed by atoms with Crippen molar-refractivity contribution in [2.45, 2.75) is 33.2 Å².